The van der Waals surface area contributed by atoms with Gasteiger partial charge in [0.1, 0.15) is 6.54 Å². The number of nitrogens with one attached hydrogen (secondary N) is 1. The summed E-state index contributed by atoms with van der Waals surface area (Å²) in [6.45, 7) is -0.623. The van der Waals surface area contributed by atoms with Crippen molar-refractivity contribution in [3.8, 4) is 6.07 Å². The molecule has 7 heteroatoms. The number of hydrogen-bond donors (Lipinski definition) is 2. The fourth-order valence-corrected chi connectivity index (χ4v) is 1.28. The molecule has 0 aliphatic heterocycles. The third-order valence-electron chi connectivity index (χ3n) is 1.93. The molecule has 0 spiro atoms. The molecular weight excluding hydrogens is 258 g/mol. The lowest BCUT2D eigenvalue weighted by Crippen LogP contribution is -2.29. The van der Waals surface area contributed by atoms with E-state index in [0.29, 0.717) is 5.02 Å². The third-order valence-corrected chi connectivity index (χ3v) is 2.17. The summed E-state index contributed by atoms with van der Waals surface area (Å²) in [4.78, 5) is 22.7. The lowest BCUT2D eigenvalue weighted by molar-refractivity contribution is -0.123. The molecule has 0 atom stereocenters. The number of carbonyl (C=O) groups excluding carboxylic acids is 2. The van der Waals surface area contributed by atoms with Crippen LogP contribution in [0.25, 0.3) is 0 Å². The van der Waals surface area contributed by atoms with Crippen LogP contribution in [-0.2, 0) is 9.53 Å². The Morgan fingerprint density at radius 2 is 2.22 bits per heavy atom. The Morgan fingerprint density at radius 1 is 1.50 bits per heavy atom. The predicted molar refractivity (Wildman–Crippen MR) is 64.8 cm³/mol. The summed E-state index contributed by atoms with van der Waals surface area (Å²) in [5.41, 5.74) is 5.88. The minimum atomic E-state index is -0.748. The van der Waals surface area contributed by atoms with E-state index in [0.717, 1.165) is 0 Å². The normalized spacial score (nSPS) is 9.33. The molecule has 0 bridgehead atoms. The summed E-state index contributed by atoms with van der Waals surface area (Å²) < 4.78 is 4.72. The Balaban J connectivity index is 2.58. The smallest absolute Gasteiger partial charge is 0.340 e. The number of halogens is 1. The van der Waals surface area contributed by atoms with Crippen molar-refractivity contribution in [2.75, 3.05) is 18.9 Å². The van der Waals surface area contributed by atoms with Crippen LogP contribution in [0.2, 0.25) is 5.02 Å². The first kappa shape index (κ1) is 13.8. The van der Waals surface area contributed by atoms with E-state index < -0.39 is 18.5 Å². The van der Waals surface area contributed by atoms with Gasteiger partial charge in [-0.1, -0.05) is 11.6 Å². The van der Waals surface area contributed by atoms with Crippen molar-refractivity contribution in [1.29, 1.82) is 5.26 Å². The van der Waals surface area contributed by atoms with Crippen LogP contribution in [0.4, 0.5) is 5.69 Å². The number of nitriles is 1. The Kier molecular flexibility index (Phi) is 4.96. The molecule has 3 N–H and O–H groups in total. The zero-order valence-electron chi connectivity index (χ0n) is 9.27. The number of hydrogen-bond acceptors (Lipinski definition) is 5. The van der Waals surface area contributed by atoms with Crippen LogP contribution in [0, 0.1) is 11.3 Å². The highest BCUT2D eigenvalue weighted by molar-refractivity contribution is 6.31. The average molecular weight is 268 g/mol. The van der Waals surface area contributed by atoms with Crippen molar-refractivity contribution in [2.24, 2.45) is 0 Å². The highest BCUT2D eigenvalue weighted by Gasteiger charge is 2.13. The van der Waals surface area contributed by atoms with Gasteiger partial charge in [0.2, 0.25) is 0 Å². The van der Waals surface area contributed by atoms with E-state index in [1.165, 1.54) is 18.2 Å². The van der Waals surface area contributed by atoms with E-state index in [4.69, 9.17) is 27.3 Å². The van der Waals surface area contributed by atoms with Crippen LogP contribution in [0.3, 0.4) is 0 Å². The molecule has 0 aliphatic carbocycles. The predicted octanol–water partition coefficient (Wildman–Crippen LogP) is 0.719. The van der Waals surface area contributed by atoms with Gasteiger partial charge < -0.3 is 15.8 Å². The number of rotatable bonds is 4. The van der Waals surface area contributed by atoms with Gasteiger partial charge in [0.05, 0.1) is 11.6 Å². The number of esters is 1. The van der Waals surface area contributed by atoms with E-state index in [9.17, 15) is 9.59 Å². The lowest BCUT2D eigenvalue weighted by atomic mass is 10.2. The first-order valence-electron chi connectivity index (χ1n) is 4.90. The van der Waals surface area contributed by atoms with Gasteiger partial charge in [-0.3, -0.25) is 4.79 Å². The van der Waals surface area contributed by atoms with Crippen molar-refractivity contribution in [1.82, 2.24) is 5.32 Å². The van der Waals surface area contributed by atoms with Crippen molar-refractivity contribution >= 4 is 29.2 Å². The minimum absolute atomic E-state index is 0.0931. The first-order valence-corrected chi connectivity index (χ1v) is 5.28. The van der Waals surface area contributed by atoms with Gasteiger partial charge in [-0.05, 0) is 18.2 Å². The monoisotopic (exact) mass is 267 g/mol. The fourth-order valence-electron chi connectivity index (χ4n) is 1.10. The molecule has 0 saturated heterocycles. The zero-order chi connectivity index (χ0) is 13.5. The number of nitrogens with zero attached hydrogens (tertiary/aromatic N) is 1. The molecule has 18 heavy (non-hydrogen) atoms. The number of carbonyl (C=O) groups is 2. The summed E-state index contributed by atoms with van der Waals surface area (Å²) in [6.07, 6.45) is 0. The SMILES string of the molecule is N#CCNC(=O)COC(=O)c1cc(Cl)ccc1N. The molecule has 0 saturated carbocycles. The second-order valence-corrected chi connectivity index (χ2v) is 3.68. The summed E-state index contributed by atoms with van der Waals surface area (Å²) >= 11 is 5.71. The Bertz CT molecular complexity index is 511. The number of ether oxygens (including phenoxy) is 1. The van der Waals surface area contributed by atoms with Crippen LogP contribution in [0.5, 0.6) is 0 Å². The average Bonchev–Trinajstić information content (AvgIpc) is 2.36. The molecule has 94 valence electrons. The van der Waals surface area contributed by atoms with E-state index in [-0.39, 0.29) is 17.8 Å². The van der Waals surface area contributed by atoms with Gasteiger partial charge >= 0.3 is 5.97 Å². The van der Waals surface area contributed by atoms with Crippen LogP contribution in [0.1, 0.15) is 10.4 Å². The summed E-state index contributed by atoms with van der Waals surface area (Å²) in [5, 5.41) is 10.8. The number of amides is 1. The van der Waals surface area contributed by atoms with E-state index >= 15 is 0 Å². The van der Waals surface area contributed by atoms with Crippen LogP contribution >= 0.6 is 11.6 Å². The second kappa shape index (κ2) is 6.47. The number of nitrogen functional groups attached to an aromatic ring is 1. The molecule has 1 aromatic rings. The molecule has 0 heterocycles. The van der Waals surface area contributed by atoms with Gasteiger partial charge in [-0.25, -0.2) is 4.79 Å². The lowest BCUT2D eigenvalue weighted by Gasteiger charge is -2.06. The molecule has 0 unspecified atom stereocenters. The zero-order valence-corrected chi connectivity index (χ0v) is 10.0. The number of anilines is 1. The fraction of sp³-hybridized carbons (Fsp3) is 0.182. The summed E-state index contributed by atoms with van der Waals surface area (Å²) in [5.74, 6) is -1.31. The highest BCUT2D eigenvalue weighted by Crippen LogP contribution is 2.18. The molecule has 0 aliphatic rings. The molecule has 0 fully saturated rings. The Morgan fingerprint density at radius 3 is 2.89 bits per heavy atom. The maximum atomic E-state index is 11.6. The molecule has 6 nitrogen and oxygen atoms in total. The third kappa shape index (κ3) is 3.96. The van der Waals surface area contributed by atoms with Crippen LogP contribution < -0.4 is 11.1 Å². The van der Waals surface area contributed by atoms with Gasteiger partial charge in [-0.15, -0.1) is 0 Å². The first-order chi connectivity index (χ1) is 8.54. The highest BCUT2D eigenvalue weighted by atomic mass is 35.5. The van der Waals surface area contributed by atoms with Gasteiger partial charge in [0, 0.05) is 10.7 Å². The summed E-state index contributed by atoms with van der Waals surface area (Å²) in [6, 6.07) is 6.08. The van der Waals surface area contributed by atoms with Gasteiger partial charge in [0.25, 0.3) is 5.91 Å². The maximum Gasteiger partial charge on any atom is 0.340 e. The van der Waals surface area contributed by atoms with Crippen molar-refractivity contribution in [3.05, 3.63) is 28.8 Å². The van der Waals surface area contributed by atoms with Crippen molar-refractivity contribution < 1.29 is 14.3 Å². The molecule has 1 aromatic carbocycles. The van der Waals surface area contributed by atoms with E-state index in [1.807, 2.05) is 0 Å². The topological polar surface area (TPSA) is 105 Å². The quantitative estimate of drug-likeness (QED) is 0.475. The summed E-state index contributed by atoms with van der Waals surface area (Å²) in [7, 11) is 0. The molecule has 1 rings (SSSR count). The second-order valence-electron chi connectivity index (χ2n) is 3.24. The van der Waals surface area contributed by atoms with Crippen molar-refractivity contribution in [2.45, 2.75) is 0 Å². The Hall–Kier alpha value is -2.26. The number of benzene rings is 1. The van der Waals surface area contributed by atoms with E-state index in [1.54, 1.807) is 6.07 Å². The van der Waals surface area contributed by atoms with Gasteiger partial charge in [0.15, 0.2) is 6.61 Å². The van der Waals surface area contributed by atoms with Crippen LogP contribution in [0.15, 0.2) is 18.2 Å². The standard InChI is InChI=1S/C11H10ClN3O3/c12-7-1-2-9(14)8(5-7)11(17)18-6-10(16)15-4-3-13/h1-2,5H,4,6,14H2,(H,15,16). The van der Waals surface area contributed by atoms with Gasteiger partial charge in [-0.2, -0.15) is 5.26 Å². The maximum absolute atomic E-state index is 11.6. The Labute approximate surface area is 108 Å². The molecular formula is C11H10ClN3O3. The van der Waals surface area contributed by atoms with Crippen molar-refractivity contribution in [3.63, 3.8) is 0 Å². The van der Waals surface area contributed by atoms with E-state index in [2.05, 4.69) is 5.32 Å². The van der Waals surface area contributed by atoms with Crippen LogP contribution in [-0.4, -0.2) is 25.0 Å². The molecule has 0 aromatic heterocycles. The largest absolute Gasteiger partial charge is 0.452 e. The molecule has 1 amide bonds. The minimum Gasteiger partial charge on any atom is -0.452 e. The number of nitrogens with two attached hydrogens (primary N) is 1. The molecule has 0 radical (unpaired) electrons.